The predicted molar refractivity (Wildman–Crippen MR) is 133 cm³/mol. The Kier molecular flexibility index (Phi) is 7.81. The summed E-state index contributed by atoms with van der Waals surface area (Å²) in [5, 5.41) is 4.92. The average molecular weight is 510 g/mol. The fourth-order valence-corrected chi connectivity index (χ4v) is 6.13. The Bertz CT molecular complexity index is 1160. The summed E-state index contributed by atoms with van der Waals surface area (Å²) < 4.78 is 36.1. The molecule has 1 aliphatic heterocycles. The first-order chi connectivity index (χ1) is 16.3. The first kappa shape index (κ1) is 25.0. The van der Waals surface area contributed by atoms with Gasteiger partial charge >= 0.3 is 5.56 Å². The van der Waals surface area contributed by atoms with Crippen LogP contribution in [0.1, 0.15) is 39.0 Å². The second-order valence-electron chi connectivity index (χ2n) is 8.80. The standard InChI is InChI=1S/C23H32ClN5O4S/c1-3-11-26(2)34(31,32)28-14-12-27(13-15-28)21-17-25-29(19-8-6-7-18(24)16-19)23(30)22(21)33-20-9-4-5-10-20/h6-8,16-17,20H,3-5,9-15H2,1-2H3. The van der Waals surface area contributed by atoms with E-state index in [1.165, 1.54) is 13.3 Å². The molecule has 1 saturated carbocycles. The van der Waals surface area contributed by atoms with Crippen LogP contribution in [0.4, 0.5) is 5.69 Å². The van der Waals surface area contributed by atoms with Crippen molar-refractivity contribution in [1.29, 1.82) is 0 Å². The summed E-state index contributed by atoms with van der Waals surface area (Å²) in [6.45, 7) is 3.99. The third-order valence-electron chi connectivity index (χ3n) is 6.39. The Morgan fingerprint density at radius 3 is 2.53 bits per heavy atom. The van der Waals surface area contributed by atoms with E-state index < -0.39 is 10.2 Å². The van der Waals surface area contributed by atoms with Gasteiger partial charge in [-0.25, -0.2) is 0 Å². The minimum atomic E-state index is -3.50. The lowest BCUT2D eigenvalue weighted by molar-refractivity contribution is 0.205. The van der Waals surface area contributed by atoms with Crippen molar-refractivity contribution in [2.75, 3.05) is 44.7 Å². The smallest absolute Gasteiger partial charge is 0.316 e. The number of rotatable bonds is 8. The summed E-state index contributed by atoms with van der Waals surface area (Å²) in [6, 6.07) is 6.97. The van der Waals surface area contributed by atoms with Crippen LogP contribution >= 0.6 is 11.6 Å². The molecule has 186 valence electrons. The summed E-state index contributed by atoms with van der Waals surface area (Å²) in [5.74, 6) is 0.265. The summed E-state index contributed by atoms with van der Waals surface area (Å²) in [5.41, 5.74) is 0.828. The lowest BCUT2D eigenvalue weighted by atomic mass is 10.2. The maximum Gasteiger partial charge on any atom is 0.316 e. The molecule has 2 aliphatic rings. The number of anilines is 1. The Morgan fingerprint density at radius 2 is 1.88 bits per heavy atom. The predicted octanol–water partition coefficient (Wildman–Crippen LogP) is 2.92. The fourth-order valence-electron chi connectivity index (χ4n) is 4.52. The molecule has 34 heavy (non-hydrogen) atoms. The van der Waals surface area contributed by atoms with Crippen molar-refractivity contribution in [3.05, 3.63) is 45.8 Å². The number of hydrogen-bond acceptors (Lipinski definition) is 6. The largest absolute Gasteiger partial charge is 0.483 e. The molecule has 2 aromatic rings. The van der Waals surface area contributed by atoms with Crippen LogP contribution in [0, 0.1) is 0 Å². The first-order valence-corrected chi connectivity index (χ1v) is 13.6. The van der Waals surface area contributed by atoms with Crippen molar-refractivity contribution in [2.45, 2.75) is 45.1 Å². The highest BCUT2D eigenvalue weighted by Crippen LogP contribution is 2.30. The molecule has 1 saturated heterocycles. The van der Waals surface area contributed by atoms with Crippen LogP contribution in [0.15, 0.2) is 35.3 Å². The molecule has 9 nitrogen and oxygen atoms in total. The van der Waals surface area contributed by atoms with Crippen LogP contribution in [-0.4, -0.2) is 72.7 Å². The fraction of sp³-hybridized carbons (Fsp3) is 0.565. The van der Waals surface area contributed by atoms with Crippen molar-refractivity contribution in [3.8, 4) is 11.4 Å². The molecule has 0 radical (unpaired) electrons. The number of benzene rings is 1. The molecular formula is C23H32ClN5O4S. The molecule has 0 unspecified atom stereocenters. The second-order valence-corrected chi connectivity index (χ2v) is 11.3. The molecule has 2 heterocycles. The summed E-state index contributed by atoms with van der Waals surface area (Å²) in [6.07, 6.45) is 6.37. The molecular weight excluding hydrogens is 478 g/mol. The highest BCUT2D eigenvalue weighted by atomic mass is 35.5. The Balaban J connectivity index is 1.61. The molecule has 1 aliphatic carbocycles. The van der Waals surface area contributed by atoms with Gasteiger partial charge in [-0.15, -0.1) is 0 Å². The SMILES string of the molecule is CCCN(C)S(=O)(=O)N1CCN(c2cnn(-c3cccc(Cl)c3)c(=O)c2OC2CCCC2)CC1. The topological polar surface area (TPSA) is 88.0 Å². The van der Waals surface area contributed by atoms with E-state index in [4.69, 9.17) is 16.3 Å². The van der Waals surface area contributed by atoms with E-state index in [0.717, 1.165) is 32.1 Å². The lowest BCUT2D eigenvalue weighted by Gasteiger charge is -2.37. The summed E-state index contributed by atoms with van der Waals surface area (Å²) >= 11 is 6.13. The third-order valence-corrected chi connectivity index (χ3v) is 8.62. The van der Waals surface area contributed by atoms with Crippen LogP contribution in [0.25, 0.3) is 5.69 Å². The van der Waals surface area contributed by atoms with Crippen LogP contribution in [0.3, 0.4) is 0 Å². The van der Waals surface area contributed by atoms with Crippen molar-refractivity contribution in [3.63, 3.8) is 0 Å². The van der Waals surface area contributed by atoms with Crippen molar-refractivity contribution in [2.24, 2.45) is 0 Å². The van der Waals surface area contributed by atoms with Crippen LogP contribution in [-0.2, 0) is 10.2 Å². The Labute approximate surface area is 206 Å². The lowest BCUT2D eigenvalue weighted by Crippen LogP contribution is -2.52. The molecule has 0 amide bonds. The van der Waals surface area contributed by atoms with Gasteiger partial charge in [-0.3, -0.25) is 4.79 Å². The third kappa shape index (κ3) is 5.25. The minimum absolute atomic E-state index is 0.00831. The molecule has 4 rings (SSSR count). The van der Waals surface area contributed by atoms with Gasteiger partial charge < -0.3 is 9.64 Å². The maximum absolute atomic E-state index is 13.5. The summed E-state index contributed by atoms with van der Waals surface area (Å²) in [7, 11) is -1.89. The highest BCUT2D eigenvalue weighted by molar-refractivity contribution is 7.86. The first-order valence-electron chi connectivity index (χ1n) is 11.8. The average Bonchev–Trinajstić information content (AvgIpc) is 3.34. The zero-order valence-corrected chi connectivity index (χ0v) is 21.3. The van der Waals surface area contributed by atoms with Gasteiger partial charge in [0.25, 0.3) is 10.2 Å². The summed E-state index contributed by atoms with van der Waals surface area (Å²) in [4.78, 5) is 15.5. The number of halogens is 1. The van der Waals surface area contributed by atoms with E-state index in [1.807, 2.05) is 11.8 Å². The van der Waals surface area contributed by atoms with E-state index >= 15 is 0 Å². The molecule has 0 N–H and O–H groups in total. The Morgan fingerprint density at radius 1 is 1.18 bits per heavy atom. The number of nitrogens with zero attached hydrogens (tertiary/aromatic N) is 5. The van der Waals surface area contributed by atoms with Crippen molar-refractivity contribution < 1.29 is 13.2 Å². The van der Waals surface area contributed by atoms with Crippen LogP contribution < -0.4 is 15.2 Å². The van der Waals surface area contributed by atoms with Gasteiger partial charge in [-0.05, 0) is 50.3 Å². The van der Waals surface area contributed by atoms with Crippen molar-refractivity contribution in [1.82, 2.24) is 18.4 Å². The quantitative estimate of drug-likeness (QED) is 0.543. The molecule has 1 aromatic heterocycles. The molecule has 2 fully saturated rings. The number of aromatic nitrogens is 2. The Hall–Kier alpha value is -2.14. The van der Waals surface area contributed by atoms with E-state index in [-0.39, 0.29) is 17.4 Å². The highest BCUT2D eigenvalue weighted by Gasteiger charge is 2.32. The molecule has 1 aromatic carbocycles. The monoisotopic (exact) mass is 509 g/mol. The number of piperazine rings is 1. The normalized spacial score (nSPS) is 18.1. The van der Waals surface area contributed by atoms with Gasteiger partial charge in [0.2, 0.25) is 5.75 Å². The molecule has 11 heteroatoms. The van der Waals surface area contributed by atoms with Crippen molar-refractivity contribution >= 4 is 27.5 Å². The van der Waals surface area contributed by atoms with E-state index in [2.05, 4.69) is 5.10 Å². The molecule has 0 bridgehead atoms. The zero-order chi connectivity index (χ0) is 24.3. The molecule has 0 atom stereocenters. The van der Waals surface area contributed by atoms with E-state index in [9.17, 15) is 13.2 Å². The minimum Gasteiger partial charge on any atom is -0.483 e. The van der Waals surface area contributed by atoms with Gasteiger partial charge in [-0.2, -0.15) is 26.8 Å². The molecule has 0 spiro atoms. The van der Waals surface area contributed by atoms with Gasteiger partial charge in [-0.1, -0.05) is 24.6 Å². The number of hydrogen-bond donors (Lipinski definition) is 0. The number of ether oxygens (including phenoxy) is 1. The van der Waals surface area contributed by atoms with Gasteiger partial charge in [0.15, 0.2) is 0 Å². The zero-order valence-electron chi connectivity index (χ0n) is 19.7. The second kappa shape index (κ2) is 10.6. The van der Waals surface area contributed by atoms with Gasteiger partial charge in [0, 0.05) is 44.8 Å². The van der Waals surface area contributed by atoms with Gasteiger partial charge in [0.05, 0.1) is 18.0 Å². The van der Waals surface area contributed by atoms with Crippen LogP contribution in [0.5, 0.6) is 5.75 Å². The van der Waals surface area contributed by atoms with E-state index in [0.29, 0.717) is 49.1 Å². The maximum atomic E-state index is 13.5. The van der Waals surface area contributed by atoms with Gasteiger partial charge in [0.1, 0.15) is 5.69 Å². The van der Waals surface area contributed by atoms with Crippen LogP contribution in [0.2, 0.25) is 5.02 Å². The van der Waals surface area contributed by atoms with E-state index in [1.54, 1.807) is 37.5 Å².